The summed E-state index contributed by atoms with van der Waals surface area (Å²) in [5.74, 6) is 2.10. The van der Waals surface area contributed by atoms with E-state index < -0.39 is 6.10 Å². The van der Waals surface area contributed by atoms with Gasteiger partial charge in [0.15, 0.2) is 0 Å². The Bertz CT molecular complexity index is 1870. The molecule has 0 radical (unpaired) electrons. The number of anilines is 2. The lowest BCUT2D eigenvalue weighted by Gasteiger charge is -2.22. The normalized spacial score (nSPS) is 15.1. The number of rotatable bonds is 10. The summed E-state index contributed by atoms with van der Waals surface area (Å²) >= 11 is 0. The SMILES string of the molecule is COc1cc2c3c([nH]c2cc1-c1c(C)noc1C)NC(C)N=C3c1ccc(NC(=O)CNCC[C@H](O)CO)c2ccccc12. The number of fused-ring (bicyclic) bond motifs is 4. The van der Waals surface area contributed by atoms with Crippen LogP contribution in [0.5, 0.6) is 5.75 Å². The van der Waals surface area contributed by atoms with Gasteiger partial charge in [0.1, 0.15) is 23.5 Å². The third-order valence-corrected chi connectivity index (χ3v) is 7.94. The molecule has 1 amide bonds. The van der Waals surface area contributed by atoms with Gasteiger partial charge in [-0.15, -0.1) is 0 Å². The molecule has 11 heteroatoms. The number of aromatic nitrogens is 2. The van der Waals surface area contributed by atoms with Gasteiger partial charge in [-0.05, 0) is 57.3 Å². The number of methoxy groups -OCH3 is 1. The third-order valence-electron chi connectivity index (χ3n) is 7.94. The largest absolute Gasteiger partial charge is 0.496 e. The molecule has 2 aromatic heterocycles. The molecule has 0 bridgehead atoms. The smallest absolute Gasteiger partial charge is 0.238 e. The minimum absolute atomic E-state index is 0.0839. The van der Waals surface area contributed by atoms with E-state index in [4.69, 9.17) is 19.4 Å². The minimum Gasteiger partial charge on any atom is -0.496 e. The Morgan fingerprint density at radius 1 is 1.09 bits per heavy atom. The molecule has 1 unspecified atom stereocenters. The Labute approximate surface area is 254 Å². The number of aliphatic imine (C=N–C) groups is 1. The highest BCUT2D eigenvalue weighted by Gasteiger charge is 2.27. The Morgan fingerprint density at radius 3 is 2.61 bits per heavy atom. The van der Waals surface area contributed by atoms with E-state index in [2.05, 4.69) is 32.2 Å². The zero-order valence-corrected chi connectivity index (χ0v) is 25.1. The zero-order valence-electron chi connectivity index (χ0n) is 25.1. The molecule has 6 rings (SSSR count). The average Bonchev–Trinajstić information content (AvgIpc) is 3.55. The fraction of sp³-hybridized carbons (Fsp3) is 0.303. The number of aryl methyl sites for hydroxylation is 2. The number of aromatic amines is 1. The van der Waals surface area contributed by atoms with E-state index in [1.165, 1.54) is 0 Å². The number of amides is 1. The number of hydrogen-bond donors (Lipinski definition) is 6. The quantitative estimate of drug-likeness (QED) is 0.129. The van der Waals surface area contributed by atoms with E-state index in [0.717, 1.165) is 66.9 Å². The molecule has 0 aliphatic carbocycles. The van der Waals surface area contributed by atoms with Crippen LogP contribution >= 0.6 is 0 Å². The molecule has 228 valence electrons. The van der Waals surface area contributed by atoms with Gasteiger partial charge in [0.05, 0.1) is 48.9 Å². The van der Waals surface area contributed by atoms with Crippen molar-refractivity contribution in [3.05, 3.63) is 71.1 Å². The van der Waals surface area contributed by atoms with Crippen molar-refractivity contribution >= 4 is 44.8 Å². The summed E-state index contributed by atoms with van der Waals surface area (Å²) in [6, 6.07) is 15.9. The number of nitrogens with one attached hydrogen (secondary N) is 4. The van der Waals surface area contributed by atoms with Crippen LogP contribution in [0, 0.1) is 13.8 Å². The van der Waals surface area contributed by atoms with Crippen LogP contribution in [0.2, 0.25) is 0 Å². The van der Waals surface area contributed by atoms with Crippen LogP contribution in [0.1, 0.15) is 35.9 Å². The zero-order chi connectivity index (χ0) is 31.0. The number of carbonyl (C=O) groups is 1. The molecule has 1 aliphatic heterocycles. The molecule has 0 saturated carbocycles. The highest BCUT2D eigenvalue weighted by Crippen LogP contribution is 2.42. The summed E-state index contributed by atoms with van der Waals surface area (Å²) in [6.45, 7) is 6.02. The van der Waals surface area contributed by atoms with Gasteiger partial charge in [-0.3, -0.25) is 9.79 Å². The first kappa shape index (κ1) is 29.4. The Balaban J connectivity index is 1.38. The first-order valence-electron chi connectivity index (χ1n) is 14.6. The van der Waals surface area contributed by atoms with Crippen LogP contribution in [0.25, 0.3) is 32.8 Å². The van der Waals surface area contributed by atoms with E-state index in [1.807, 2.05) is 63.2 Å². The molecule has 0 saturated heterocycles. The van der Waals surface area contributed by atoms with Crippen LogP contribution < -0.4 is 20.7 Å². The van der Waals surface area contributed by atoms with Crippen LogP contribution in [-0.2, 0) is 4.79 Å². The number of H-pyrrole nitrogens is 1. The van der Waals surface area contributed by atoms with Crippen LogP contribution in [0.4, 0.5) is 11.5 Å². The van der Waals surface area contributed by atoms with Crippen LogP contribution in [0.3, 0.4) is 0 Å². The predicted molar refractivity (Wildman–Crippen MR) is 172 cm³/mol. The monoisotopic (exact) mass is 596 g/mol. The summed E-state index contributed by atoms with van der Waals surface area (Å²) in [6.07, 6.45) is -0.617. The lowest BCUT2D eigenvalue weighted by Crippen LogP contribution is -2.31. The number of aliphatic hydroxyl groups is 2. The molecule has 1 aliphatic rings. The number of aliphatic hydroxyl groups excluding tert-OH is 2. The maximum absolute atomic E-state index is 12.7. The lowest BCUT2D eigenvalue weighted by molar-refractivity contribution is -0.115. The molecule has 11 nitrogen and oxygen atoms in total. The van der Waals surface area contributed by atoms with E-state index >= 15 is 0 Å². The molecule has 5 aromatic rings. The summed E-state index contributed by atoms with van der Waals surface area (Å²) in [5.41, 5.74) is 6.94. The van der Waals surface area contributed by atoms with Gasteiger partial charge in [-0.25, -0.2) is 0 Å². The Kier molecular flexibility index (Phi) is 8.09. The van der Waals surface area contributed by atoms with Crippen LogP contribution in [0.15, 0.2) is 58.0 Å². The van der Waals surface area contributed by atoms with Gasteiger partial charge in [-0.1, -0.05) is 35.5 Å². The van der Waals surface area contributed by atoms with Crippen LogP contribution in [-0.4, -0.2) is 71.0 Å². The summed E-state index contributed by atoms with van der Waals surface area (Å²) < 4.78 is 11.3. The van der Waals surface area contributed by atoms with E-state index in [9.17, 15) is 9.90 Å². The lowest BCUT2D eigenvalue weighted by atomic mass is 9.93. The van der Waals surface area contributed by atoms with Crippen molar-refractivity contribution in [2.24, 2.45) is 4.99 Å². The highest BCUT2D eigenvalue weighted by molar-refractivity contribution is 6.28. The number of nitrogens with zero attached hydrogens (tertiary/aromatic N) is 2. The van der Waals surface area contributed by atoms with E-state index in [-0.39, 0.29) is 25.2 Å². The van der Waals surface area contributed by atoms with Crippen molar-refractivity contribution in [2.45, 2.75) is 39.5 Å². The molecule has 44 heavy (non-hydrogen) atoms. The fourth-order valence-corrected chi connectivity index (χ4v) is 5.88. The van der Waals surface area contributed by atoms with Gasteiger partial charge in [-0.2, -0.15) is 0 Å². The fourth-order valence-electron chi connectivity index (χ4n) is 5.88. The molecular formula is C33H36N6O5. The second-order valence-corrected chi connectivity index (χ2v) is 11.0. The molecule has 2 atom stereocenters. The average molecular weight is 597 g/mol. The molecule has 3 aromatic carbocycles. The molecular weight excluding hydrogens is 560 g/mol. The minimum atomic E-state index is -0.800. The highest BCUT2D eigenvalue weighted by atomic mass is 16.5. The van der Waals surface area contributed by atoms with Crippen molar-refractivity contribution in [2.75, 3.05) is 37.4 Å². The number of hydrogen-bond acceptors (Lipinski definition) is 9. The van der Waals surface area contributed by atoms with Crippen molar-refractivity contribution < 1.29 is 24.3 Å². The first-order chi connectivity index (χ1) is 21.3. The maximum Gasteiger partial charge on any atom is 0.238 e. The maximum atomic E-state index is 12.7. The summed E-state index contributed by atoms with van der Waals surface area (Å²) in [5, 5.41) is 34.9. The molecule has 6 N–H and O–H groups in total. The second kappa shape index (κ2) is 12.1. The Hall–Kier alpha value is -4.71. The molecule has 0 fully saturated rings. The van der Waals surface area contributed by atoms with Gasteiger partial charge in [0.25, 0.3) is 0 Å². The van der Waals surface area contributed by atoms with Crippen molar-refractivity contribution in [1.82, 2.24) is 15.5 Å². The van der Waals surface area contributed by atoms with Crippen molar-refractivity contribution in [3.8, 4) is 16.9 Å². The van der Waals surface area contributed by atoms with Gasteiger partial charge < -0.3 is 40.4 Å². The van der Waals surface area contributed by atoms with Crippen molar-refractivity contribution in [1.29, 1.82) is 0 Å². The summed E-state index contributed by atoms with van der Waals surface area (Å²) in [4.78, 5) is 21.4. The number of benzene rings is 3. The second-order valence-electron chi connectivity index (χ2n) is 11.0. The third kappa shape index (κ3) is 5.41. The number of carbonyl (C=O) groups excluding carboxylic acids is 1. The standard InChI is InChI=1S/C33H36N6O5/c1-17-30(18(2)44-39-17)25-13-27-24(14-28(25)43-4)31-32(35-19(3)36-33(31)38-27)23-9-10-26(22-8-6-5-7-21(22)23)37-29(42)15-34-12-11-20(41)16-40/h5-10,13-14,19-20,34,36,38,40-41H,11-12,15-16H2,1-4H3,(H,37,42)/t19?,20-/m0/s1. The van der Waals surface area contributed by atoms with Gasteiger partial charge in [0.2, 0.25) is 5.91 Å². The molecule has 3 heterocycles. The van der Waals surface area contributed by atoms with Gasteiger partial charge in [0, 0.05) is 33.1 Å². The van der Waals surface area contributed by atoms with E-state index in [0.29, 0.717) is 24.4 Å². The van der Waals surface area contributed by atoms with Gasteiger partial charge >= 0.3 is 0 Å². The van der Waals surface area contributed by atoms with Crippen molar-refractivity contribution in [3.63, 3.8) is 0 Å². The topological polar surface area (TPSA) is 157 Å². The summed E-state index contributed by atoms with van der Waals surface area (Å²) in [7, 11) is 1.66. The Morgan fingerprint density at radius 2 is 1.89 bits per heavy atom. The predicted octanol–water partition coefficient (Wildman–Crippen LogP) is 4.48. The molecule has 0 spiro atoms. The number of ether oxygens (including phenoxy) is 1. The first-order valence-corrected chi connectivity index (χ1v) is 14.6. The van der Waals surface area contributed by atoms with E-state index in [1.54, 1.807) is 7.11 Å².